The highest BCUT2D eigenvalue weighted by molar-refractivity contribution is 5.76. The molecule has 0 aliphatic carbocycles. The standard InChI is InChI=1S/C22H17N3O/c1-15-8-9-18(16(2)12-15)21-13-19(17-6-4-3-5-7-17)20(14-24)22(26)25(21)11-10-23/h3-9,12-13H,11H2,1-2H3. The molecule has 0 amide bonds. The maximum absolute atomic E-state index is 12.9. The van der Waals surface area contributed by atoms with Crippen molar-refractivity contribution >= 4 is 0 Å². The van der Waals surface area contributed by atoms with Crippen molar-refractivity contribution in [3.8, 4) is 34.5 Å². The molecule has 0 saturated heterocycles. The Morgan fingerprint density at radius 3 is 2.31 bits per heavy atom. The zero-order chi connectivity index (χ0) is 18.7. The Morgan fingerprint density at radius 1 is 0.962 bits per heavy atom. The Hall–Kier alpha value is -3.63. The van der Waals surface area contributed by atoms with Crippen LogP contribution in [0.1, 0.15) is 16.7 Å². The number of benzene rings is 2. The average Bonchev–Trinajstić information content (AvgIpc) is 2.64. The van der Waals surface area contributed by atoms with Gasteiger partial charge in [0.25, 0.3) is 5.56 Å². The maximum atomic E-state index is 12.9. The third-order valence-electron chi connectivity index (χ3n) is 4.38. The summed E-state index contributed by atoms with van der Waals surface area (Å²) in [7, 11) is 0. The minimum absolute atomic E-state index is 0.0555. The molecular formula is C22H17N3O. The first-order valence-electron chi connectivity index (χ1n) is 8.24. The van der Waals surface area contributed by atoms with Crippen LogP contribution < -0.4 is 5.56 Å². The number of aryl methyl sites for hydroxylation is 2. The minimum atomic E-state index is -0.439. The van der Waals surface area contributed by atoms with E-state index in [-0.39, 0.29) is 12.1 Å². The number of nitriles is 2. The van der Waals surface area contributed by atoms with Gasteiger partial charge in [-0.05, 0) is 31.0 Å². The average molecular weight is 339 g/mol. The van der Waals surface area contributed by atoms with Gasteiger partial charge in [-0.2, -0.15) is 10.5 Å². The van der Waals surface area contributed by atoms with E-state index in [1.165, 1.54) is 4.57 Å². The maximum Gasteiger partial charge on any atom is 0.270 e. The molecular weight excluding hydrogens is 322 g/mol. The predicted octanol–water partition coefficient (Wildman–Crippen LogP) is 4.19. The summed E-state index contributed by atoms with van der Waals surface area (Å²) in [5, 5.41) is 18.7. The van der Waals surface area contributed by atoms with Crippen molar-refractivity contribution in [3.63, 3.8) is 0 Å². The quantitative estimate of drug-likeness (QED) is 0.718. The Morgan fingerprint density at radius 2 is 1.69 bits per heavy atom. The monoisotopic (exact) mass is 339 g/mol. The van der Waals surface area contributed by atoms with E-state index in [9.17, 15) is 15.3 Å². The number of rotatable bonds is 3. The fourth-order valence-corrected chi connectivity index (χ4v) is 3.15. The summed E-state index contributed by atoms with van der Waals surface area (Å²) in [5.41, 5.74) is 4.66. The van der Waals surface area contributed by atoms with Gasteiger partial charge in [0.05, 0.1) is 11.8 Å². The minimum Gasteiger partial charge on any atom is -0.293 e. The molecule has 1 aromatic heterocycles. The second-order valence-electron chi connectivity index (χ2n) is 6.16. The molecule has 126 valence electrons. The van der Waals surface area contributed by atoms with Crippen molar-refractivity contribution in [1.82, 2.24) is 4.57 Å². The first-order chi connectivity index (χ1) is 12.6. The molecule has 0 aliphatic heterocycles. The topological polar surface area (TPSA) is 69.6 Å². The van der Waals surface area contributed by atoms with Crippen molar-refractivity contribution in [2.45, 2.75) is 20.4 Å². The van der Waals surface area contributed by atoms with Gasteiger partial charge in [0.1, 0.15) is 18.2 Å². The van der Waals surface area contributed by atoms with Gasteiger partial charge in [0.2, 0.25) is 0 Å². The SMILES string of the molecule is Cc1ccc(-c2cc(-c3ccccc3)c(C#N)c(=O)n2CC#N)c(C)c1. The van der Waals surface area contributed by atoms with Gasteiger partial charge in [-0.15, -0.1) is 0 Å². The van der Waals surface area contributed by atoms with Gasteiger partial charge in [0.15, 0.2) is 0 Å². The largest absolute Gasteiger partial charge is 0.293 e. The molecule has 0 bridgehead atoms. The molecule has 1 heterocycles. The van der Waals surface area contributed by atoms with E-state index in [1.54, 1.807) is 0 Å². The van der Waals surface area contributed by atoms with Crippen LogP contribution in [0.15, 0.2) is 59.4 Å². The Kier molecular flexibility index (Phi) is 4.69. The van der Waals surface area contributed by atoms with E-state index in [0.29, 0.717) is 11.3 Å². The summed E-state index contributed by atoms with van der Waals surface area (Å²) >= 11 is 0. The number of aromatic nitrogens is 1. The van der Waals surface area contributed by atoms with E-state index in [0.717, 1.165) is 22.3 Å². The summed E-state index contributed by atoms with van der Waals surface area (Å²) in [4.78, 5) is 12.9. The zero-order valence-corrected chi connectivity index (χ0v) is 14.7. The molecule has 3 aromatic rings. The van der Waals surface area contributed by atoms with Crippen LogP contribution in [-0.4, -0.2) is 4.57 Å². The number of hydrogen-bond acceptors (Lipinski definition) is 3. The lowest BCUT2D eigenvalue weighted by atomic mass is 9.96. The lowest BCUT2D eigenvalue weighted by Gasteiger charge is -2.16. The first-order valence-corrected chi connectivity index (χ1v) is 8.24. The van der Waals surface area contributed by atoms with Gasteiger partial charge in [0, 0.05) is 11.1 Å². The number of hydrogen-bond donors (Lipinski definition) is 0. The van der Waals surface area contributed by atoms with E-state index in [1.807, 2.05) is 80.6 Å². The van der Waals surface area contributed by atoms with E-state index in [4.69, 9.17) is 0 Å². The van der Waals surface area contributed by atoms with Crippen LogP contribution in [0.25, 0.3) is 22.4 Å². The first kappa shape index (κ1) is 17.2. The zero-order valence-electron chi connectivity index (χ0n) is 14.7. The lowest BCUT2D eigenvalue weighted by molar-refractivity contribution is 0.794. The van der Waals surface area contributed by atoms with Crippen LogP contribution in [0, 0.1) is 36.5 Å². The highest BCUT2D eigenvalue weighted by Gasteiger charge is 2.18. The molecule has 4 heteroatoms. The highest BCUT2D eigenvalue weighted by atomic mass is 16.1. The molecule has 3 rings (SSSR count). The van der Waals surface area contributed by atoms with Crippen LogP contribution in [0.4, 0.5) is 0 Å². The van der Waals surface area contributed by atoms with E-state index >= 15 is 0 Å². The van der Waals surface area contributed by atoms with Gasteiger partial charge in [-0.1, -0.05) is 54.1 Å². The third-order valence-corrected chi connectivity index (χ3v) is 4.38. The molecule has 0 unspecified atom stereocenters. The molecule has 0 aliphatic rings. The third kappa shape index (κ3) is 3.01. The Bertz CT molecular complexity index is 1110. The predicted molar refractivity (Wildman–Crippen MR) is 101 cm³/mol. The van der Waals surface area contributed by atoms with Crippen molar-refractivity contribution < 1.29 is 0 Å². The second-order valence-corrected chi connectivity index (χ2v) is 6.16. The van der Waals surface area contributed by atoms with E-state index < -0.39 is 5.56 Å². The molecule has 0 saturated carbocycles. The fourth-order valence-electron chi connectivity index (χ4n) is 3.15. The molecule has 26 heavy (non-hydrogen) atoms. The molecule has 0 radical (unpaired) electrons. The van der Waals surface area contributed by atoms with Crippen LogP contribution >= 0.6 is 0 Å². The van der Waals surface area contributed by atoms with Crippen LogP contribution in [0.2, 0.25) is 0 Å². The van der Waals surface area contributed by atoms with Crippen molar-refractivity contribution in [2.24, 2.45) is 0 Å². The molecule has 2 aromatic carbocycles. The van der Waals surface area contributed by atoms with Gasteiger partial charge in [-0.3, -0.25) is 9.36 Å². The Balaban J connectivity index is 2.40. The fraction of sp³-hybridized carbons (Fsp3) is 0.136. The van der Waals surface area contributed by atoms with Gasteiger partial charge in [-0.25, -0.2) is 0 Å². The summed E-state index contributed by atoms with van der Waals surface area (Å²) in [6.07, 6.45) is 0. The lowest BCUT2D eigenvalue weighted by Crippen LogP contribution is -2.25. The van der Waals surface area contributed by atoms with E-state index in [2.05, 4.69) is 0 Å². The summed E-state index contributed by atoms with van der Waals surface area (Å²) in [5.74, 6) is 0. The van der Waals surface area contributed by atoms with Crippen LogP contribution in [0.3, 0.4) is 0 Å². The molecule has 0 N–H and O–H groups in total. The second kappa shape index (κ2) is 7.09. The van der Waals surface area contributed by atoms with Crippen LogP contribution in [-0.2, 0) is 6.54 Å². The van der Waals surface area contributed by atoms with Crippen LogP contribution in [0.5, 0.6) is 0 Å². The normalized spacial score (nSPS) is 10.2. The smallest absolute Gasteiger partial charge is 0.270 e. The van der Waals surface area contributed by atoms with Crippen molar-refractivity contribution in [3.05, 3.63) is 81.6 Å². The summed E-state index contributed by atoms with van der Waals surface area (Å²) in [6, 6.07) is 21.2. The van der Waals surface area contributed by atoms with Gasteiger partial charge < -0.3 is 0 Å². The molecule has 0 atom stereocenters. The highest BCUT2D eigenvalue weighted by Crippen LogP contribution is 2.29. The summed E-state index contributed by atoms with van der Waals surface area (Å²) < 4.78 is 1.38. The Labute approximate surface area is 152 Å². The van der Waals surface area contributed by atoms with Crippen molar-refractivity contribution in [2.75, 3.05) is 0 Å². The summed E-state index contributed by atoms with van der Waals surface area (Å²) in [6.45, 7) is 3.88. The number of nitrogens with zero attached hydrogens (tertiary/aromatic N) is 3. The molecule has 0 fully saturated rings. The number of pyridine rings is 1. The molecule has 4 nitrogen and oxygen atoms in total. The molecule has 0 spiro atoms. The van der Waals surface area contributed by atoms with Gasteiger partial charge >= 0.3 is 0 Å². The van der Waals surface area contributed by atoms with Crippen molar-refractivity contribution in [1.29, 1.82) is 10.5 Å².